The van der Waals surface area contributed by atoms with E-state index >= 15 is 0 Å². The van der Waals surface area contributed by atoms with E-state index in [1.807, 2.05) is 13.0 Å². The van der Waals surface area contributed by atoms with Gasteiger partial charge < -0.3 is 39.2 Å². The Morgan fingerprint density at radius 1 is 1.04 bits per heavy atom. The van der Waals surface area contributed by atoms with Crippen LogP contribution in [0, 0.1) is 5.92 Å². The molecule has 12 nitrogen and oxygen atoms in total. The number of ether oxygens (including phenoxy) is 4. The molecule has 13 heteroatoms. The van der Waals surface area contributed by atoms with Crippen molar-refractivity contribution in [3.63, 3.8) is 0 Å². The van der Waals surface area contributed by atoms with E-state index in [2.05, 4.69) is 29.6 Å². The number of nitrogens with one attached hydrogen (secondary N) is 3. The first-order valence-corrected chi connectivity index (χ1v) is 17.3. The summed E-state index contributed by atoms with van der Waals surface area (Å²) in [5.74, 6) is 0.650. The number of carbonyl (C=O) groups excluding carboxylic acids is 2. The molecule has 4 N–H and O–H groups in total. The molecule has 1 fully saturated rings. The van der Waals surface area contributed by atoms with E-state index in [9.17, 15) is 19.3 Å². The molecular weight excluding hydrogens is 601 g/mol. The number of aliphatic hydroxyl groups is 1. The van der Waals surface area contributed by atoms with Crippen LogP contribution in [0.25, 0.3) is 0 Å². The number of alkyl carbamates (subject to hydrolysis) is 1. The molecule has 1 aliphatic rings. The Bertz CT molecular complexity index is 1210. The van der Waals surface area contributed by atoms with Gasteiger partial charge in [-0.15, -0.1) is 0 Å². The van der Waals surface area contributed by atoms with Crippen LogP contribution in [-0.2, 0) is 30.0 Å². The summed E-state index contributed by atoms with van der Waals surface area (Å²) < 4.78 is 41.4. The molecule has 1 aliphatic heterocycles. The standard InChI is InChI=1S/C32H48N3O9P/c1-5-16-41-31(37)24(4)35-45(39,44-27-9-7-6-8-10-27)22-42-26-13-11-25(12-14-26)18-29(30(36)20-33-19-23(2)3)34-32(38)43-28-15-17-40-21-28/h6-14,23-24,28-30,33,36H,5,15-22H2,1-4H3,(H,34,38)(H,35,39)/t24-,28-,29-,30+,45?/m0/s1. The molecule has 3 rings (SSSR count). The third-order valence-electron chi connectivity index (χ3n) is 6.80. The number of esters is 1. The second-order valence-electron chi connectivity index (χ2n) is 11.5. The SMILES string of the molecule is CCCOC(=O)[C@H](C)NP(=O)(COc1ccc(C[C@H](NC(=O)O[C@H]2CCOC2)[C@H](O)CNCC(C)C)cc1)Oc1ccccc1. The Labute approximate surface area is 266 Å². The minimum atomic E-state index is -3.73. The van der Waals surface area contributed by atoms with E-state index in [-0.39, 0.29) is 19.1 Å². The number of aliphatic hydroxyl groups excluding tert-OH is 1. The molecule has 1 saturated heterocycles. The largest absolute Gasteiger partial charge is 0.481 e. The molecule has 2 aromatic rings. The van der Waals surface area contributed by atoms with Crippen LogP contribution in [-0.4, -0.2) is 80.7 Å². The molecule has 250 valence electrons. The van der Waals surface area contributed by atoms with Gasteiger partial charge in [0.05, 0.1) is 32.0 Å². The van der Waals surface area contributed by atoms with Crippen LogP contribution >= 0.6 is 7.52 Å². The Morgan fingerprint density at radius 2 is 1.78 bits per heavy atom. The molecule has 0 spiro atoms. The van der Waals surface area contributed by atoms with E-state index in [0.29, 0.717) is 56.4 Å². The molecule has 0 aromatic heterocycles. The summed E-state index contributed by atoms with van der Waals surface area (Å²) >= 11 is 0. The van der Waals surface area contributed by atoms with Crippen molar-refractivity contribution in [1.82, 2.24) is 15.7 Å². The van der Waals surface area contributed by atoms with Gasteiger partial charge in [-0.25, -0.2) is 9.88 Å². The molecule has 5 atom stereocenters. The third-order valence-corrected chi connectivity index (χ3v) is 8.56. The number of benzene rings is 2. The van der Waals surface area contributed by atoms with Gasteiger partial charge >= 0.3 is 19.6 Å². The van der Waals surface area contributed by atoms with Crippen LogP contribution in [0.2, 0.25) is 0 Å². The number of hydrogen-bond donors (Lipinski definition) is 4. The number of rotatable bonds is 19. The zero-order valence-corrected chi connectivity index (χ0v) is 27.5. The van der Waals surface area contributed by atoms with Crippen molar-refractivity contribution in [1.29, 1.82) is 0 Å². The summed E-state index contributed by atoms with van der Waals surface area (Å²) in [7, 11) is -3.73. The maximum Gasteiger partial charge on any atom is 0.407 e. The van der Waals surface area contributed by atoms with Crippen LogP contribution in [0.1, 0.15) is 46.1 Å². The lowest BCUT2D eigenvalue weighted by Gasteiger charge is -2.25. The number of amides is 1. The van der Waals surface area contributed by atoms with Gasteiger partial charge in [-0.3, -0.25) is 9.36 Å². The van der Waals surface area contributed by atoms with Crippen molar-refractivity contribution in [3.8, 4) is 11.5 Å². The Balaban J connectivity index is 1.65. The first-order chi connectivity index (χ1) is 21.6. The highest BCUT2D eigenvalue weighted by Crippen LogP contribution is 2.43. The summed E-state index contributed by atoms with van der Waals surface area (Å²) in [6.07, 6.45) is -0.500. The van der Waals surface area contributed by atoms with Gasteiger partial charge in [0, 0.05) is 13.0 Å². The molecule has 1 amide bonds. The molecule has 0 radical (unpaired) electrons. The molecule has 1 unspecified atom stereocenters. The predicted molar refractivity (Wildman–Crippen MR) is 171 cm³/mol. The average molecular weight is 650 g/mol. The van der Waals surface area contributed by atoms with Gasteiger partial charge in [0.25, 0.3) is 0 Å². The Kier molecular flexibility index (Phi) is 15.1. The average Bonchev–Trinajstić information content (AvgIpc) is 3.52. The number of carbonyl (C=O) groups is 2. The van der Waals surface area contributed by atoms with Gasteiger partial charge in [-0.2, -0.15) is 0 Å². The third kappa shape index (κ3) is 13.4. The monoisotopic (exact) mass is 649 g/mol. The summed E-state index contributed by atoms with van der Waals surface area (Å²) in [5.41, 5.74) is 0.828. The summed E-state index contributed by atoms with van der Waals surface area (Å²) in [6, 6.07) is 14.1. The van der Waals surface area contributed by atoms with Gasteiger partial charge in [-0.05, 0) is 62.1 Å². The fraction of sp³-hybridized carbons (Fsp3) is 0.562. The lowest BCUT2D eigenvalue weighted by atomic mass is 10.0. The van der Waals surface area contributed by atoms with Crippen LogP contribution in [0.4, 0.5) is 4.79 Å². The number of hydrogen-bond acceptors (Lipinski definition) is 10. The highest BCUT2D eigenvalue weighted by atomic mass is 31.2. The zero-order valence-electron chi connectivity index (χ0n) is 26.6. The molecule has 2 aromatic carbocycles. The summed E-state index contributed by atoms with van der Waals surface area (Å²) in [6.45, 7) is 9.79. The molecule has 0 bridgehead atoms. The fourth-order valence-electron chi connectivity index (χ4n) is 4.44. The van der Waals surface area contributed by atoms with Gasteiger partial charge in [0.2, 0.25) is 0 Å². The summed E-state index contributed by atoms with van der Waals surface area (Å²) in [5, 5.41) is 19.8. The van der Waals surface area contributed by atoms with Crippen molar-refractivity contribution in [2.24, 2.45) is 5.92 Å². The Hall–Kier alpha value is -3.15. The van der Waals surface area contributed by atoms with E-state index in [1.165, 1.54) is 0 Å². The minimum absolute atomic E-state index is 0.260. The fourth-order valence-corrected chi connectivity index (χ4v) is 6.10. The van der Waals surface area contributed by atoms with E-state index in [0.717, 1.165) is 12.1 Å². The van der Waals surface area contributed by atoms with Crippen molar-refractivity contribution in [2.45, 2.75) is 71.2 Å². The van der Waals surface area contributed by atoms with Crippen molar-refractivity contribution in [2.75, 3.05) is 39.3 Å². The van der Waals surface area contributed by atoms with E-state index in [1.54, 1.807) is 55.5 Å². The lowest BCUT2D eigenvalue weighted by molar-refractivity contribution is -0.145. The lowest BCUT2D eigenvalue weighted by Crippen LogP contribution is -2.49. The van der Waals surface area contributed by atoms with Crippen molar-refractivity contribution < 1.29 is 42.7 Å². The zero-order chi connectivity index (χ0) is 32.7. The second kappa shape index (κ2) is 18.7. The predicted octanol–water partition coefficient (Wildman–Crippen LogP) is 4.26. The summed E-state index contributed by atoms with van der Waals surface area (Å²) in [4.78, 5) is 25.0. The Morgan fingerprint density at radius 3 is 2.42 bits per heavy atom. The quantitative estimate of drug-likeness (QED) is 0.128. The molecule has 1 heterocycles. The second-order valence-corrected chi connectivity index (χ2v) is 13.5. The molecular formula is C32H48N3O9P. The minimum Gasteiger partial charge on any atom is -0.481 e. The van der Waals surface area contributed by atoms with Crippen LogP contribution in [0.15, 0.2) is 54.6 Å². The maximum atomic E-state index is 13.8. The van der Waals surface area contributed by atoms with Gasteiger partial charge in [-0.1, -0.05) is 51.1 Å². The number of para-hydroxylation sites is 1. The smallest absolute Gasteiger partial charge is 0.407 e. The normalized spacial score (nSPS) is 18.0. The van der Waals surface area contributed by atoms with E-state index < -0.39 is 37.8 Å². The van der Waals surface area contributed by atoms with Crippen molar-refractivity contribution in [3.05, 3.63) is 60.2 Å². The molecule has 0 saturated carbocycles. The van der Waals surface area contributed by atoms with Crippen LogP contribution in [0.3, 0.4) is 0 Å². The maximum absolute atomic E-state index is 13.8. The van der Waals surface area contributed by atoms with Gasteiger partial charge in [0.15, 0.2) is 6.35 Å². The highest BCUT2D eigenvalue weighted by Gasteiger charge is 2.32. The molecule has 0 aliphatic carbocycles. The van der Waals surface area contributed by atoms with Crippen LogP contribution < -0.4 is 25.0 Å². The van der Waals surface area contributed by atoms with E-state index in [4.69, 9.17) is 23.5 Å². The first kappa shape index (κ1) is 36.3. The first-order valence-electron chi connectivity index (χ1n) is 15.5. The highest BCUT2D eigenvalue weighted by molar-refractivity contribution is 7.57. The van der Waals surface area contributed by atoms with Crippen LogP contribution in [0.5, 0.6) is 11.5 Å². The van der Waals surface area contributed by atoms with Gasteiger partial charge in [0.1, 0.15) is 23.6 Å². The molecule has 45 heavy (non-hydrogen) atoms. The van der Waals surface area contributed by atoms with Crippen molar-refractivity contribution >= 4 is 19.6 Å². The topological polar surface area (TPSA) is 154 Å².